The number of aliphatic hydroxyl groups excluding tert-OH is 1. The highest BCUT2D eigenvalue weighted by atomic mass is 19.1. The molecule has 1 aromatic carbocycles. The predicted molar refractivity (Wildman–Crippen MR) is 88.6 cm³/mol. The summed E-state index contributed by atoms with van der Waals surface area (Å²) in [6, 6.07) is 4.47. The average molecular weight is 336 g/mol. The van der Waals surface area contributed by atoms with Crippen molar-refractivity contribution in [3.63, 3.8) is 0 Å². The Morgan fingerprint density at radius 3 is 2.88 bits per heavy atom. The lowest BCUT2D eigenvalue weighted by molar-refractivity contribution is -0.0601. The first-order chi connectivity index (χ1) is 11.5. The van der Waals surface area contributed by atoms with Crippen molar-refractivity contribution in [3.05, 3.63) is 29.6 Å². The maximum Gasteiger partial charge on any atom is 0.254 e. The zero-order valence-electron chi connectivity index (χ0n) is 14.3. The van der Waals surface area contributed by atoms with Crippen molar-refractivity contribution in [3.8, 4) is 5.75 Å². The third-order valence-corrected chi connectivity index (χ3v) is 5.70. The SMILES string of the molecule is COc1ccc(C(=O)N2CC[C@@]3(CO)CCCN(C)[C@@H]3C2)cc1F. The molecule has 0 spiro atoms. The highest BCUT2D eigenvalue weighted by molar-refractivity contribution is 5.94. The van der Waals surface area contributed by atoms with Gasteiger partial charge in [-0.05, 0) is 51.1 Å². The van der Waals surface area contributed by atoms with Gasteiger partial charge in [0.1, 0.15) is 0 Å². The fourth-order valence-corrected chi connectivity index (χ4v) is 4.18. The first-order valence-corrected chi connectivity index (χ1v) is 8.45. The number of hydrogen-bond acceptors (Lipinski definition) is 4. The second-order valence-corrected chi connectivity index (χ2v) is 6.97. The summed E-state index contributed by atoms with van der Waals surface area (Å²) in [4.78, 5) is 16.8. The molecule has 0 radical (unpaired) electrons. The molecule has 2 aliphatic heterocycles. The molecule has 1 N–H and O–H groups in total. The number of aliphatic hydroxyl groups is 1. The molecule has 0 saturated carbocycles. The largest absolute Gasteiger partial charge is 0.494 e. The molecule has 5 nitrogen and oxygen atoms in total. The Labute approximate surface area is 142 Å². The summed E-state index contributed by atoms with van der Waals surface area (Å²) in [5, 5.41) is 9.94. The summed E-state index contributed by atoms with van der Waals surface area (Å²) in [6.07, 6.45) is 2.85. The third kappa shape index (κ3) is 2.89. The lowest BCUT2D eigenvalue weighted by Crippen LogP contribution is -2.62. The number of likely N-dealkylation sites (N-methyl/N-ethyl adjacent to an activating group) is 1. The number of halogens is 1. The van der Waals surface area contributed by atoms with E-state index in [1.54, 1.807) is 11.0 Å². The van der Waals surface area contributed by atoms with Crippen LogP contribution in [-0.2, 0) is 0 Å². The number of hydrogen-bond donors (Lipinski definition) is 1. The number of likely N-dealkylation sites (tertiary alicyclic amines) is 2. The van der Waals surface area contributed by atoms with Crippen LogP contribution in [0.25, 0.3) is 0 Å². The Bertz CT molecular complexity index is 624. The van der Waals surface area contributed by atoms with Gasteiger partial charge in [0, 0.05) is 30.1 Å². The molecule has 0 aromatic heterocycles. The number of amides is 1. The Kier molecular flexibility index (Phi) is 4.78. The van der Waals surface area contributed by atoms with Crippen LogP contribution in [0.3, 0.4) is 0 Å². The molecular formula is C18H25FN2O3. The molecule has 0 bridgehead atoms. The van der Waals surface area contributed by atoms with Gasteiger partial charge in [-0.1, -0.05) is 0 Å². The normalized spacial score (nSPS) is 27.7. The molecule has 3 rings (SSSR count). The molecule has 2 heterocycles. The lowest BCUT2D eigenvalue weighted by Gasteiger charge is -2.53. The fourth-order valence-electron chi connectivity index (χ4n) is 4.18. The quantitative estimate of drug-likeness (QED) is 0.914. The highest BCUT2D eigenvalue weighted by Gasteiger charge is 2.47. The number of fused-ring (bicyclic) bond motifs is 1. The maximum absolute atomic E-state index is 13.9. The number of carbonyl (C=O) groups is 1. The molecule has 2 atom stereocenters. The number of ether oxygens (including phenoxy) is 1. The number of carbonyl (C=O) groups excluding carboxylic acids is 1. The molecule has 132 valence electrons. The van der Waals surface area contributed by atoms with E-state index < -0.39 is 5.82 Å². The molecular weight excluding hydrogens is 311 g/mol. The van der Waals surface area contributed by atoms with Crippen LogP contribution in [0.5, 0.6) is 5.75 Å². The van der Waals surface area contributed by atoms with Crippen LogP contribution in [-0.4, -0.2) is 67.3 Å². The second kappa shape index (κ2) is 6.69. The zero-order chi connectivity index (χ0) is 17.3. The number of benzene rings is 1. The molecule has 0 unspecified atom stereocenters. The molecule has 1 amide bonds. The van der Waals surface area contributed by atoms with Gasteiger partial charge in [0.15, 0.2) is 11.6 Å². The Balaban J connectivity index is 1.79. The lowest BCUT2D eigenvalue weighted by atomic mass is 9.69. The van der Waals surface area contributed by atoms with Crippen molar-refractivity contribution in [2.75, 3.05) is 40.4 Å². The summed E-state index contributed by atoms with van der Waals surface area (Å²) in [6.45, 7) is 2.30. The van der Waals surface area contributed by atoms with Gasteiger partial charge in [0.05, 0.1) is 13.7 Å². The summed E-state index contributed by atoms with van der Waals surface area (Å²) < 4.78 is 18.8. The topological polar surface area (TPSA) is 53.0 Å². The van der Waals surface area contributed by atoms with Gasteiger partial charge in [-0.25, -0.2) is 4.39 Å². The monoisotopic (exact) mass is 336 g/mol. The minimum Gasteiger partial charge on any atom is -0.494 e. The standard InChI is InChI=1S/C18H25FN2O3/c1-20-8-3-6-18(12-22)7-9-21(11-16(18)20)17(23)13-4-5-15(24-2)14(19)10-13/h4-5,10,16,22H,3,6-9,11-12H2,1-2H3/t16-,18-/m1/s1. The van der Waals surface area contributed by atoms with Crippen LogP contribution < -0.4 is 4.74 Å². The van der Waals surface area contributed by atoms with Crippen LogP contribution in [0.4, 0.5) is 4.39 Å². The van der Waals surface area contributed by atoms with Crippen molar-refractivity contribution in [1.82, 2.24) is 9.80 Å². The molecule has 24 heavy (non-hydrogen) atoms. The minimum absolute atomic E-state index is 0.116. The van der Waals surface area contributed by atoms with Crippen LogP contribution in [0.15, 0.2) is 18.2 Å². The number of rotatable bonds is 3. The molecule has 1 aromatic rings. The van der Waals surface area contributed by atoms with Crippen molar-refractivity contribution in [1.29, 1.82) is 0 Å². The molecule has 2 aliphatic rings. The first kappa shape index (κ1) is 17.2. The molecule has 6 heteroatoms. The van der Waals surface area contributed by atoms with E-state index in [1.807, 2.05) is 0 Å². The van der Waals surface area contributed by atoms with Gasteiger partial charge in [0.2, 0.25) is 0 Å². The summed E-state index contributed by atoms with van der Waals surface area (Å²) in [5.74, 6) is -0.557. The predicted octanol–water partition coefficient (Wildman–Crippen LogP) is 1.75. The van der Waals surface area contributed by atoms with E-state index in [0.29, 0.717) is 18.7 Å². The van der Waals surface area contributed by atoms with Crippen LogP contribution >= 0.6 is 0 Å². The van der Waals surface area contributed by atoms with Gasteiger partial charge in [0.25, 0.3) is 5.91 Å². The van der Waals surface area contributed by atoms with Gasteiger partial charge >= 0.3 is 0 Å². The van der Waals surface area contributed by atoms with Crippen LogP contribution in [0.2, 0.25) is 0 Å². The van der Waals surface area contributed by atoms with Crippen LogP contribution in [0, 0.1) is 11.2 Å². The summed E-state index contributed by atoms with van der Waals surface area (Å²) >= 11 is 0. The van der Waals surface area contributed by atoms with Crippen molar-refractivity contribution in [2.24, 2.45) is 5.41 Å². The number of methoxy groups -OCH3 is 1. The van der Waals surface area contributed by atoms with Gasteiger partial charge < -0.3 is 19.6 Å². The van der Waals surface area contributed by atoms with E-state index in [9.17, 15) is 14.3 Å². The van der Waals surface area contributed by atoms with E-state index in [0.717, 1.165) is 25.8 Å². The van der Waals surface area contributed by atoms with Gasteiger partial charge in [-0.3, -0.25) is 4.79 Å². The van der Waals surface area contributed by atoms with E-state index >= 15 is 0 Å². The maximum atomic E-state index is 13.9. The van der Waals surface area contributed by atoms with Gasteiger partial charge in [-0.2, -0.15) is 0 Å². The Hall–Kier alpha value is -1.66. The van der Waals surface area contributed by atoms with Crippen LogP contribution in [0.1, 0.15) is 29.6 Å². The average Bonchev–Trinajstić information content (AvgIpc) is 2.61. The second-order valence-electron chi connectivity index (χ2n) is 6.97. The van der Waals surface area contributed by atoms with Gasteiger partial charge in [-0.15, -0.1) is 0 Å². The Morgan fingerprint density at radius 1 is 1.42 bits per heavy atom. The molecule has 0 aliphatic carbocycles. The highest BCUT2D eigenvalue weighted by Crippen LogP contribution is 2.41. The van der Waals surface area contributed by atoms with E-state index in [4.69, 9.17) is 4.74 Å². The third-order valence-electron chi connectivity index (χ3n) is 5.70. The summed E-state index contributed by atoms with van der Waals surface area (Å²) in [5.41, 5.74) is 0.220. The zero-order valence-corrected chi connectivity index (χ0v) is 14.3. The van der Waals surface area contributed by atoms with Crippen molar-refractivity contribution in [2.45, 2.75) is 25.3 Å². The number of nitrogens with zero attached hydrogens (tertiary/aromatic N) is 2. The van der Waals surface area contributed by atoms with E-state index in [-0.39, 0.29) is 29.7 Å². The minimum atomic E-state index is -0.528. The number of piperidine rings is 2. The fraction of sp³-hybridized carbons (Fsp3) is 0.611. The Morgan fingerprint density at radius 2 is 2.21 bits per heavy atom. The van der Waals surface area contributed by atoms with Crippen molar-refractivity contribution >= 4 is 5.91 Å². The first-order valence-electron chi connectivity index (χ1n) is 8.45. The molecule has 2 saturated heterocycles. The smallest absolute Gasteiger partial charge is 0.254 e. The summed E-state index contributed by atoms with van der Waals surface area (Å²) in [7, 11) is 3.45. The van der Waals surface area contributed by atoms with Crippen molar-refractivity contribution < 1.29 is 19.0 Å². The van der Waals surface area contributed by atoms with E-state index in [1.165, 1.54) is 19.2 Å². The van der Waals surface area contributed by atoms with E-state index in [2.05, 4.69) is 11.9 Å². The molecule has 2 fully saturated rings.